The van der Waals surface area contributed by atoms with Crippen LogP contribution in [0.25, 0.3) is 0 Å². The fourth-order valence-corrected chi connectivity index (χ4v) is 1.80. The number of aliphatic hydroxyl groups excluding tert-OH is 1. The Kier molecular flexibility index (Phi) is 5.06. The summed E-state index contributed by atoms with van der Waals surface area (Å²) in [5.74, 6) is 0.892. The van der Waals surface area contributed by atoms with Gasteiger partial charge in [-0.1, -0.05) is 12.1 Å². The maximum absolute atomic E-state index is 9.14. The minimum atomic E-state index is -0.0900. The van der Waals surface area contributed by atoms with Gasteiger partial charge >= 0.3 is 0 Å². The van der Waals surface area contributed by atoms with Crippen LogP contribution in [-0.2, 0) is 6.54 Å². The van der Waals surface area contributed by atoms with Gasteiger partial charge in [0.05, 0.1) is 13.2 Å². The van der Waals surface area contributed by atoms with Crippen LogP contribution >= 0.6 is 12.4 Å². The smallest absolute Gasteiger partial charge is 0.119 e. The summed E-state index contributed by atoms with van der Waals surface area (Å²) >= 11 is 0. The third-order valence-corrected chi connectivity index (χ3v) is 2.84. The van der Waals surface area contributed by atoms with Crippen LogP contribution in [0.15, 0.2) is 24.3 Å². The lowest BCUT2D eigenvalue weighted by Gasteiger charge is -2.32. The molecule has 1 saturated carbocycles. The molecule has 90 valence electrons. The molecule has 0 bridgehead atoms. The first-order valence-corrected chi connectivity index (χ1v) is 5.32. The quantitative estimate of drug-likeness (QED) is 0.846. The molecule has 1 aliphatic rings. The Balaban J connectivity index is 0.00000128. The van der Waals surface area contributed by atoms with Crippen LogP contribution in [-0.4, -0.2) is 24.4 Å². The first kappa shape index (κ1) is 13.3. The molecule has 0 saturated heterocycles. The second kappa shape index (κ2) is 6.09. The summed E-state index contributed by atoms with van der Waals surface area (Å²) in [5.41, 5.74) is 1.22. The second-order valence-corrected chi connectivity index (χ2v) is 4.05. The number of hydrogen-bond donors (Lipinski definition) is 2. The summed E-state index contributed by atoms with van der Waals surface area (Å²) in [7, 11) is 1.68. The van der Waals surface area contributed by atoms with Gasteiger partial charge < -0.3 is 15.2 Å². The van der Waals surface area contributed by atoms with Crippen LogP contribution in [0.2, 0.25) is 0 Å². The Labute approximate surface area is 102 Å². The van der Waals surface area contributed by atoms with Crippen LogP contribution in [0, 0.1) is 0 Å². The van der Waals surface area contributed by atoms with E-state index in [0.717, 1.165) is 25.1 Å². The summed E-state index contributed by atoms with van der Waals surface area (Å²) in [6, 6.07) is 8.51. The van der Waals surface area contributed by atoms with Gasteiger partial charge in [-0.15, -0.1) is 12.4 Å². The van der Waals surface area contributed by atoms with Crippen molar-refractivity contribution < 1.29 is 9.84 Å². The molecule has 0 amide bonds. The van der Waals surface area contributed by atoms with E-state index >= 15 is 0 Å². The van der Waals surface area contributed by atoms with E-state index in [1.807, 2.05) is 18.2 Å². The molecule has 0 aliphatic heterocycles. The van der Waals surface area contributed by atoms with Crippen LogP contribution < -0.4 is 10.1 Å². The van der Waals surface area contributed by atoms with E-state index in [1.54, 1.807) is 7.11 Å². The van der Waals surface area contributed by atoms with Crippen LogP contribution in [0.3, 0.4) is 0 Å². The second-order valence-electron chi connectivity index (χ2n) is 4.05. The highest BCUT2D eigenvalue weighted by molar-refractivity contribution is 5.85. The van der Waals surface area contributed by atoms with Gasteiger partial charge in [0.15, 0.2) is 0 Å². The molecule has 0 aromatic heterocycles. The molecule has 0 atom stereocenters. The molecule has 16 heavy (non-hydrogen) atoms. The molecule has 1 fully saturated rings. The molecule has 0 heterocycles. The van der Waals surface area contributed by atoms with E-state index in [1.165, 1.54) is 5.56 Å². The number of benzene rings is 1. The molecule has 2 N–H and O–H groups in total. The zero-order valence-electron chi connectivity index (χ0n) is 9.35. The molecule has 4 heteroatoms. The number of nitrogens with one attached hydrogen (secondary N) is 1. The highest BCUT2D eigenvalue weighted by Gasteiger charge is 2.26. The fraction of sp³-hybridized carbons (Fsp3) is 0.500. The molecule has 2 rings (SSSR count). The lowest BCUT2D eigenvalue weighted by atomic mass is 9.89. The maximum Gasteiger partial charge on any atom is 0.119 e. The third kappa shape index (κ3) is 3.37. The van der Waals surface area contributed by atoms with Gasteiger partial charge in [-0.2, -0.15) is 0 Å². The Morgan fingerprint density at radius 2 is 2.19 bits per heavy atom. The molecule has 1 aromatic rings. The minimum absolute atomic E-state index is 0. The van der Waals surface area contributed by atoms with Crippen LogP contribution in [0.4, 0.5) is 0 Å². The largest absolute Gasteiger partial charge is 0.497 e. The molecule has 0 radical (unpaired) electrons. The Morgan fingerprint density at radius 1 is 1.44 bits per heavy atom. The SMILES string of the molecule is COc1cccc(CNC2CC(O)C2)c1.Cl. The summed E-state index contributed by atoms with van der Waals surface area (Å²) in [6.45, 7) is 0.842. The predicted molar refractivity (Wildman–Crippen MR) is 66.1 cm³/mol. The van der Waals surface area contributed by atoms with Crippen molar-refractivity contribution in [2.45, 2.75) is 31.5 Å². The number of hydrogen-bond acceptors (Lipinski definition) is 3. The average molecular weight is 244 g/mol. The highest BCUT2D eigenvalue weighted by Crippen LogP contribution is 2.20. The van der Waals surface area contributed by atoms with Crippen molar-refractivity contribution in [1.82, 2.24) is 5.32 Å². The van der Waals surface area contributed by atoms with Crippen LogP contribution in [0.5, 0.6) is 5.75 Å². The summed E-state index contributed by atoms with van der Waals surface area (Å²) in [6.07, 6.45) is 1.67. The van der Waals surface area contributed by atoms with Gasteiger partial charge in [-0.25, -0.2) is 0 Å². The maximum atomic E-state index is 9.14. The van der Waals surface area contributed by atoms with Crippen molar-refractivity contribution in [2.24, 2.45) is 0 Å². The van der Waals surface area contributed by atoms with E-state index in [0.29, 0.717) is 6.04 Å². The number of rotatable bonds is 4. The van der Waals surface area contributed by atoms with Crippen LogP contribution in [0.1, 0.15) is 18.4 Å². The van der Waals surface area contributed by atoms with E-state index in [2.05, 4.69) is 11.4 Å². The lowest BCUT2D eigenvalue weighted by Crippen LogP contribution is -2.43. The third-order valence-electron chi connectivity index (χ3n) is 2.84. The number of methoxy groups -OCH3 is 1. The van der Waals surface area contributed by atoms with Gasteiger partial charge in [0.25, 0.3) is 0 Å². The molecule has 1 aliphatic carbocycles. The molecule has 0 unspecified atom stereocenters. The van der Waals surface area contributed by atoms with Gasteiger partial charge in [-0.3, -0.25) is 0 Å². The zero-order chi connectivity index (χ0) is 10.7. The minimum Gasteiger partial charge on any atom is -0.497 e. The molecule has 0 spiro atoms. The normalized spacial score (nSPS) is 23.1. The molecule has 3 nitrogen and oxygen atoms in total. The van der Waals surface area contributed by atoms with Crippen molar-refractivity contribution in [2.75, 3.05) is 7.11 Å². The highest BCUT2D eigenvalue weighted by atomic mass is 35.5. The summed E-state index contributed by atoms with van der Waals surface area (Å²) in [5, 5.41) is 12.5. The lowest BCUT2D eigenvalue weighted by molar-refractivity contribution is 0.0619. The standard InChI is InChI=1S/C12H17NO2.ClH/c1-15-12-4-2-3-9(5-12)8-13-10-6-11(14)7-10;/h2-5,10-11,13-14H,6-8H2,1H3;1H. The Hall–Kier alpha value is -0.770. The molecule has 1 aromatic carbocycles. The average Bonchev–Trinajstić information content (AvgIpc) is 2.23. The topological polar surface area (TPSA) is 41.5 Å². The van der Waals surface area contributed by atoms with Crippen molar-refractivity contribution in [1.29, 1.82) is 0 Å². The van der Waals surface area contributed by atoms with Crippen molar-refractivity contribution in [3.63, 3.8) is 0 Å². The number of aliphatic hydroxyl groups is 1. The van der Waals surface area contributed by atoms with Gasteiger partial charge in [-0.05, 0) is 30.5 Å². The Morgan fingerprint density at radius 3 is 2.81 bits per heavy atom. The fourth-order valence-electron chi connectivity index (χ4n) is 1.80. The molecular weight excluding hydrogens is 226 g/mol. The zero-order valence-corrected chi connectivity index (χ0v) is 10.2. The van der Waals surface area contributed by atoms with Gasteiger partial charge in [0, 0.05) is 12.6 Å². The van der Waals surface area contributed by atoms with E-state index < -0.39 is 0 Å². The number of ether oxygens (including phenoxy) is 1. The summed E-state index contributed by atoms with van der Waals surface area (Å²) < 4.78 is 5.15. The van der Waals surface area contributed by atoms with E-state index in [9.17, 15) is 0 Å². The van der Waals surface area contributed by atoms with Gasteiger partial charge in [0.1, 0.15) is 5.75 Å². The number of halogens is 1. The van der Waals surface area contributed by atoms with Crippen molar-refractivity contribution in [3.8, 4) is 5.75 Å². The van der Waals surface area contributed by atoms with E-state index in [4.69, 9.17) is 9.84 Å². The monoisotopic (exact) mass is 243 g/mol. The Bertz CT molecular complexity index is 327. The first-order chi connectivity index (χ1) is 7.28. The van der Waals surface area contributed by atoms with E-state index in [-0.39, 0.29) is 18.5 Å². The molecular formula is C12H18ClNO2. The van der Waals surface area contributed by atoms with Crippen molar-refractivity contribution in [3.05, 3.63) is 29.8 Å². The summed E-state index contributed by atoms with van der Waals surface area (Å²) in [4.78, 5) is 0. The predicted octanol–water partition coefficient (Wildman–Crippen LogP) is 1.73. The van der Waals surface area contributed by atoms with Crippen molar-refractivity contribution >= 4 is 12.4 Å². The first-order valence-electron chi connectivity index (χ1n) is 5.32. The van der Waals surface area contributed by atoms with Gasteiger partial charge in [0.2, 0.25) is 0 Å².